The minimum Gasteiger partial charge on any atom is -0.465 e. The Morgan fingerprint density at radius 2 is 1.89 bits per heavy atom. The molecule has 1 aromatic heterocycles. The fourth-order valence-corrected chi connectivity index (χ4v) is 3.95. The van der Waals surface area contributed by atoms with Gasteiger partial charge in [0.25, 0.3) is 5.91 Å². The number of esters is 1. The normalized spacial score (nSPS) is 16.5. The number of nitrogens with one attached hydrogen (secondary N) is 1. The zero-order chi connectivity index (χ0) is 27.4. The standard InChI is InChI=1S/C27H24F2N4O5/c1-15(27(36)37-2)18-10-21-22(31-13-18)25(38-14-16-6-4-3-5-7-16)24(34)23(33(21)30)26(35)32-12-17-8-9-19(28)11-20(17)29/h3-11,13,23,25H,1,12,14,30H2,2H3,(H,32,35). The Kier molecular flexibility index (Phi) is 7.89. The van der Waals surface area contributed by atoms with E-state index in [9.17, 15) is 23.2 Å². The predicted octanol–water partition coefficient (Wildman–Crippen LogP) is 2.75. The molecule has 2 heterocycles. The topological polar surface area (TPSA) is 124 Å². The maximum absolute atomic E-state index is 14.1. The van der Waals surface area contributed by atoms with E-state index in [0.29, 0.717) is 6.07 Å². The van der Waals surface area contributed by atoms with Crippen molar-refractivity contribution in [1.82, 2.24) is 10.3 Å². The van der Waals surface area contributed by atoms with Gasteiger partial charge in [0.1, 0.15) is 17.3 Å². The maximum Gasteiger partial charge on any atom is 0.337 e. The average Bonchev–Trinajstić information content (AvgIpc) is 2.92. The van der Waals surface area contributed by atoms with Gasteiger partial charge >= 0.3 is 5.97 Å². The molecule has 196 valence electrons. The number of anilines is 1. The number of nitrogens with two attached hydrogens (primary N) is 1. The summed E-state index contributed by atoms with van der Waals surface area (Å²) in [5, 5.41) is 3.38. The number of aromatic nitrogens is 1. The Morgan fingerprint density at radius 3 is 2.58 bits per heavy atom. The zero-order valence-electron chi connectivity index (χ0n) is 20.3. The lowest BCUT2D eigenvalue weighted by molar-refractivity contribution is -0.140. The Bertz CT molecular complexity index is 1400. The van der Waals surface area contributed by atoms with Crippen LogP contribution < -0.4 is 16.2 Å². The molecule has 4 rings (SSSR count). The van der Waals surface area contributed by atoms with Crippen molar-refractivity contribution in [2.75, 3.05) is 12.1 Å². The van der Waals surface area contributed by atoms with Gasteiger partial charge in [0, 0.05) is 29.9 Å². The molecule has 0 radical (unpaired) electrons. The molecule has 0 bridgehead atoms. The minimum atomic E-state index is -1.57. The lowest BCUT2D eigenvalue weighted by atomic mass is 9.94. The third kappa shape index (κ3) is 5.43. The number of hydrogen-bond donors (Lipinski definition) is 2. The Morgan fingerprint density at radius 1 is 1.16 bits per heavy atom. The summed E-state index contributed by atoms with van der Waals surface area (Å²) in [5.74, 6) is 2.39. The highest BCUT2D eigenvalue weighted by Gasteiger charge is 2.45. The Balaban J connectivity index is 1.65. The second-order valence-corrected chi connectivity index (χ2v) is 8.44. The summed E-state index contributed by atoms with van der Waals surface area (Å²) in [6, 6.07) is 11.9. The number of carbonyl (C=O) groups is 3. The molecule has 2 unspecified atom stereocenters. The highest BCUT2D eigenvalue weighted by molar-refractivity contribution is 6.16. The van der Waals surface area contributed by atoms with Crippen LogP contribution in [-0.4, -0.2) is 35.8 Å². The van der Waals surface area contributed by atoms with Crippen molar-refractivity contribution < 1.29 is 32.6 Å². The second kappa shape index (κ2) is 11.3. The van der Waals surface area contributed by atoms with Crippen LogP contribution >= 0.6 is 0 Å². The monoisotopic (exact) mass is 522 g/mol. The lowest BCUT2D eigenvalue weighted by Gasteiger charge is -2.36. The summed E-state index contributed by atoms with van der Waals surface area (Å²) in [6.45, 7) is 3.42. The molecule has 0 spiro atoms. The summed E-state index contributed by atoms with van der Waals surface area (Å²) in [4.78, 5) is 42.9. The fraction of sp³-hybridized carbons (Fsp3) is 0.185. The predicted molar refractivity (Wildman–Crippen MR) is 133 cm³/mol. The number of ether oxygens (including phenoxy) is 2. The molecule has 0 saturated carbocycles. The molecule has 9 nitrogen and oxygen atoms in total. The summed E-state index contributed by atoms with van der Waals surface area (Å²) >= 11 is 0. The van der Waals surface area contributed by atoms with Gasteiger partial charge in [0.2, 0.25) is 5.78 Å². The van der Waals surface area contributed by atoms with Crippen molar-refractivity contribution in [3.8, 4) is 0 Å². The van der Waals surface area contributed by atoms with Crippen LogP contribution in [0.3, 0.4) is 0 Å². The van der Waals surface area contributed by atoms with Gasteiger partial charge in [-0.2, -0.15) is 0 Å². The van der Waals surface area contributed by atoms with Gasteiger partial charge in [-0.05, 0) is 17.7 Å². The van der Waals surface area contributed by atoms with Gasteiger partial charge in [-0.3, -0.25) is 19.6 Å². The van der Waals surface area contributed by atoms with Crippen LogP contribution in [0.1, 0.15) is 28.5 Å². The first-order valence-electron chi connectivity index (χ1n) is 11.4. The third-order valence-electron chi connectivity index (χ3n) is 5.99. The van der Waals surface area contributed by atoms with Gasteiger partial charge in [0.05, 0.1) is 25.0 Å². The van der Waals surface area contributed by atoms with Crippen LogP contribution in [-0.2, 0) is 37.0 Å². The highest BCUT2D eigenvalue weighted by atomic mass is 19.1. The number of ketones is 1. The molecule has 0 saturated heterocycles. The van der Waals surface area contributed by atoms with Gasteiger partial charge < -0.3 is 14.8 Å². The Hall–Kier alpha value is -4.48. The van der Waals surface area contributed by atoms with Crippen molar-refractivity contribution in [2.24, 2.45) is 5.84 Å². The van der Waals surface area contributed by atoms with Crippen LogP contribution in [0.25, 0.3) is 5.57 Å². The molecule has 0 aliphatic carbocycles. The number of pyridine rings is 1. The number of hydrazine groups is 1. The van der Waals surface area contributed by atoms with Crippen LogP contribution in [0.2, 0.25) is 0 Å². The summed E-state index contributed by atoms with van der Waals surface area (Å²) in [6.07, 6.45) is 0.0549. The van der Waals surface area contributed by atoms with E-state index < -0.39 is 41.4 Å². The number of fused-ring (bicyclic) bond motifs is 1. The summed E-state index contributed by atoms with van der Waals surface area (Å²) in [7, 11) is 1.20. The van der Waals surface area contributed by atoms with Crippen molar-refractivity contribution in [3.63, 3.8) is 0 Å². The van der Waals surface area contributed by atoms with E-state index in [1.807, 2.05) is 30.3 Å². The van der Waals surface area contributed by atoms with E-state index in [2.05, 4.69) is 16.9 Å². The first-order chi connectivity index (χ1) is 18.2. The Labute approximate surface area is 216 Å². The molecule has 0 fully saturated rings. The molecule has 1 aliphatic rings. The largest absolute Gasteiger partial charge is 0.465 e. The van der Waals surface area contributed by atoms with Crippen molar-refractivity contribution in [1.29, 1.82) is 0 Å². The molecule has 1 aliphatic heterocycles. The molecule has 2 aromatic carbocycles. The summed E-state index contributed by atoms with van der Waals surface area (Å²) < 4.78 is 37.9. The van der Waals surface area contributed by atoms with Gasteiger partial charge in [0.15, 0.2) is 12.1 Å². The third-order valence-corrected chi connectivity index (χ3v) is 5.99. The van der Waals surface area contributed by atoms with E-state index >= 15 is 0 Å². The number of rotatable bonds is 8. The number of amides is 1. The van der Waals surface area contributed by atoms with Gasteiger partial charge in [-0.25, -0.2) is 19.4 Å². The van der Waals surface area contributed by atoms with E-state index in [0.717, 1.165) is 16.6 Å². The summed E-state index contributed by atoms with van der Waals surface area (Å²) in [5.41, 5.74) is 1.34. The smallest absolute Gasteiger partial charge is 0.337 e. The highest BCUT2D eigenvalue weighted by Crippen LogP contribution is 2.36. The first kappa shape index (κ1) is 26.6. The number of hydrogen-bond acceptors (Lipinski definition) is 8. The van der Waals surface area contributed by atoms with Crippen molar-refractivity contribution in [2.45, 2.75) is 25.3 Å². The lowest BCUT2D eigenvalue weighted by Crippen LogP contribution is -2.59. The number of nitrogens with zero attached hydrogens (tertiary/aromatic N) is 2. The fourth-order valence-electron chi connectivity index (χ4n) is 3.95. The second-order valence-electron chi connectivity index (χ2n) is 8.44. The van der Waals surface area contributed by atoms with Crippen LogP contribution in [0.4, 0.5) is 14.5 Å². The van der Waals surface area contributed by atoms with E-state index in [1.165, 1.54) is 25.4 Å². The molecule has 38 heavy (non-hydrogen) atoms. The minimum absolute atomic E-state index is 0.0114. The van der Waals surface area contributed by atoms with E-state index in [-0.39, 0.29) is 41.2 Å². The van der Waals surface area contributed by atoms with E-state index in [4.69, 9.17) is 15.3 Å². The van der Waals surface area contributed by atoms with Crippen molar-refractivity contribution >= 4 is 28.9 Å². The number of halogens is 2. The number of benzene rings is 2. The number of methoxy groups -OCH3 is 1. The van der Waals surface area contributed by atoms with Gasteiger partial charge in [-0.15, -0.1) is 0 Å². The zero-order valence-corrected chi connectivity index (χ0v) is 20.3. The first-order valence-corrected chi connectivity index (χ1v) is 11.4. The molecule has 2 atom stereocenters. The van der Waals surface area contributed by atoms with Gasteiger partial charge in [-0.1, -0.05) is 43.0 Å². The molecule has 1 amide bonds. The van der Waals surface area contributed by atoms with Crippen LogP contribution in [0.5, 0.6) is 0 Å². The average molecular weight is 523 g/mol. The number of carbonyl (C=O) groups excluding carboxylic acids is 3. The molecular weight excluding hydrogens is 498 g/mol. The number of Topliss-reactive ketones (excluding diaryl/α,β-unsaturated/α-hetero) is 1. The maximum atomic E-state index is 14.1. The quantitative estimate of drug-likeness (QED) is 0.200. The molecule has 3 aromatic rings. The van der Waals surface area contributed by atoms with Crippen molar-refractivity contribution in [3.05, 3.63) is 101 Å². The molecule has 3 N–H and O–H groups in total. The molecule has 11 heteroatoms. The van der Waals surface area contributed by atoms with Crippen LogP contribution in [0, 0.1) is 11.6 Å². The SMILES string of the molecule is C=C(C(=O)OC)c1cnc2c(c1)N(N)C(C(=O)NCc1ccc(F)cc1F)C(=O)C2OCc1ccccc1. The van der Waals surface area contributed by atoms with E-state index in [1.54, 1.807) is 0 Å². The molecular formula is C27H24F2N4O5. The van der Waals surface area contributed by atoms with Crippen LogP contribution in [0.15, 0.2) is 67.4 Å².